The fraction of sp³-hybridized carbons (Fsp3) is 0.562. The van der Waals surface area contributed by atoms with Crippen molar-refractivity contribution in [3.8, 4) is 0 Å². The first-order chi connectivity index (χ1) is 11.8. The molecule has 0 saturated heterocycles. The van der Waals surface area contributed by atoms with Gasteiger partial charge in [0.1, 0.15) is 0 Å². The Morgan fingerprint density at radius 2 is 2.29 bits per heavy atom. The number of hydrazone groups is 1. The summed E-state index contributed by atoms with van der Waals surface area (Å²) >= 11 is 5.35. The lowest BCUT2D eigenvalue weighted by Gasteiger charge is -2.22. The average molecular weight is 353 g/mol. The molecule has 0 fully saturated rings. The van der Waals surface area contributed by atoms with Crippen LogP contribution >= 0.6 is 12.2 Å². The molecule has 24 heavy (non-hydrogen) atoms. The number of methoxy groups -OCH3 is 1. The summed E-state index contributed by atoms with van der Waals surface area (Å²) in [6.07, 6.45) is 6.17. The van der Waals surface area contributed by atoms with E-state index in [4.69, 9.17) is 17.0 Å². The molecule has 0 aliphatic rings. The molecule has 7 nitrogen and oxygen atoms in total. The van der Waals surface area contributed by atoms with Gasteiger partial charge >= 0.3 is 0 Å². The highest BCUT2D eigenvalue weighted by Gasteiger charge is 2.05. The van der Waals surface area contributed by atoms with Gasteiger partial charge in [-0.25, -0.2) is 0 Å². The van der Waals surface area contributed by atoms with Gasteiger partial charge in [0.15, 0.2) is 5.11 Å². The third kappa shape index (κ3) is 9.39. The van der Waals surface area contributed by atoms with Crippen molar-refractivity contribution in [1.82, 2.24) is 20.6 Å². The lowest BCUT2D eigenvalue weighted by atomic mass is 10.4. The van der Waals surface area contributed by atoms with Crippen molar-refractivity contribution in [1.29, 1.82) is 0 Å². The quantitative estimate of drug-likeness (QED) is 0.227. The van der Waals surface area contributed by atoms with Gasteiger partial charge in [0, 0.05) is 64.9 Å². The van der Waals surface area contributed by atoms with E-state index in [9.17, 15) is 0 Å². The van der Waals surface area contributed by atoms with Gasteiger partial charge in [-0.05, 0) is 31.3 Å². The molecular weight excluding hydrogens is 324 g/mol. The predicted molar refractivity (Wildman–Crippen MR) is 104 cm³/mol. The first kappa shape index (κ1) is 20.3. The Morgan fingerprint density at radius 1 is 1.42 bits per heavy atom. The molecule has 0 aromatic carbocycles. The van der Waals surface area contributed by atoms with E-state index in [2.05, 4.69) is 38.0 Å². The summed E-state index contributed by atoms with van der Waals surface area (Å²) < 4.78 is 4.99. The first-order valence-corrected chi connectivity index (χ1v) is 8.58. The second-order valence-corrected chi connectivity index (χ2v) is 5.39. The lowest BCUT2D eigenvalue weighted by molar-refractivity contribution is 0.199. The number of nitrogens with one attached hydrogen (secondary N) is 3. The second kappa shape index (κ2) is 13.6. The number of hydrogen-bond donors (Lipinski definition) is 3. The minimum atomic E-state index is 0.641. The Hall–Kier alpha value is -1.77. The molecule has 3 N–H and O–H groups in total. The SMILES string of the molecule is CCN(CCNCCOC)C(=S)N/N=C/CCNc1cccnc1. The van der Waals surface area contributed by atoms with Gasteiger partial charge in [-0.2, -0.15) is 5.10 Å². The zero-order valence-electron chi connectivity index (χ0n) is 14.5. The fourth-order valence-electron chi connectivity index (χ4n) is 1.90. The van der Waals surface area contributed by atoms with E-state index in [1.807, 2.05) is 18.3 Å². The van der Waals surface area contributed by atoms with E-state index in [0.29, 0.717) is 11.7 Å². The molecule has 8 heteroatoms. The van der Waals surface area contributed by atoms with Gasteiger partial charge in [-0.3, -0.25) is 10.4 Å². The van der Waals surface area contributed by atoms with Crippen LogP contribution in [0.5, 0.6) is 0 Å². The summed E-state index contributed by atoms with van der Waals surface area (Å²) in [5, 5.41) is 11.4. The van der Waals surface area contributed by atoms with Crippen LogP contribution < -0.4 is 16.1 Å². The summed E-state index contributed by atoms with van der Waals surface area (Å²) in [6.45, 7) is 6.97. The molecular formula is C16H28N6OS. The Bertz CT molecular complexity index is 471. The standard InChI is InChI=1S/C16H28N6OS/c1-3-22(12-10-17-11-13-23-2)16(24)21-20-9-5-8-19-15-6-4-7-18-14-15/h4,6-7,9,14,17,19H,3,5,8,10-13H2,1-2H3,(H,21,24)/b20-9+. The number of aromatic nitrogens is 1. The maximum absolute atomic E-state index is 5.35. The summed E-state index contributed by atoms with van der Waals surface area (Å²) in [5.74, 6) is 0. The molecule has 0 saturated carbocycles. The highest BCUT2D eigenvalue weighted by Crippen LogP contribution is 2.01. The van der Waals surface area contributed by atoms with Crippen LogP contribution in [0.1, 0.15) is 13.3 Å². The van der Waals surface area contributed by atoms with Gasteiger partial charge in [0.2, 0.25) is 0 Å². The van der Waals surface area contributed by atoms with Gasteiger partial charge in [0.05, 0.1) is 12.3 Å². The number of likely N-dealkylation sites (N-methyl/N-ethyl adjacent to an activating group) is 1. The van der Waals surface area contributed by atoms with Gasteiger partial charge in [-0.1, -0.05) is 0 Å². The lowest BCUT2D eigenvalue weighted by Crippen LogP contribution is -2.41. The Kier molecular flexibility index (Phi) is 11.5. The summed E-state index contributed by atoms with van der Waals surface area (Å²) in [4.78, 5) is 6.12. The Balaban J connectivity index is 2.13. The van der Waals surface area contributed by atoms with Crippen molar-refractivity contribution >= 4 is 29.2 Å². The molecule has 0 bridgehead atoms. The van der Waals surface area contributed by atoms with Crippen molar-refractivity contribution in [3.05, 3.63) is 24.5 Å². The van der Waals surface area contributed by atoms with Crippen LogP contribution in [-0.2, 0) is 4.74 Å². The van der Waals surface area contributed by atoms with Crippen LogP contribution in [0.2, 0.25) is 0 Å². The smallest absolute Gasteiger partial charge is 0.189 e. The fourth-order valence-corrected chi connectivity index (χ4v) is 2.17. The van der Waals surface area contributed by atoms with E-state index < -0.39 is 0 Å². The number of anilines is 1. The van der Waals surface area contributed by atoms with E-state index in [1.54, 1.807) is 19.5 Å². The van der Waals surface area contributed by atoms with Crippen molar-refractivity contribution in [2.45, 2.75) is 13.3 Å². The molecule has 1 rings (SSSR count). The molecule has 0 radical (unpaired) electrons. The molecule has 1 heterocycles. The van der Waals surface area contributed by atoms with Crippen LogP contribution in [0.4, 0.5) is 5.69 Å². The van der Waals surface area contributed by atoms with E-state index >= 15 is 0 Å². The summed E-state index contributed by atoms with van der Waals surface area (Å²) in [6, 6.07) is 3.89. The first-order valence-electron chi connectivity index (χ1n) is 8.18. The Morgan fingerprint density at radius 3 is 3.00 bits per heavy atom. The number of hydrogen-bond acceptors (Lipinski definition) is 6. The highest BCUT2D eigenvalue weighted by atomic mass is 32.1. The number of ether oxygens (including phenoxy) is 1. The number of pyridine rings is 1. The van der Waals surface area contributed by atoms with Crippen molar-refractivity contribution in [2.24, 2.45) is 5.10 Å². The molecule has 0 aliphatic carbocycles. The van der Waals surface area contributed by atoms with Crippen molar-refractivity contribution in [3.63, 3.8) is 0 Å². The maximum Gasteiger partial charge on any atom is 0.189 e. The van der Waals surface area contributed by atoms with Crippen LogP contribution in [0.3, 0.4) is 0 Å². The van der Waals surface area contributed by atoms with E-state index in [-0.39, 0.29) is 0 Å². The van der Waals surface area contributed by atoms with Gasteiger partial charge in [-0.15, -0.1) is 0 Å². The second-order valence-electron chi connectivity index (χ2n) is 5.01. The zero-order valence-corrected chi connectivity index (χ0v) is 15.3. The Labute approximate surface area is 149 Å². The molecule has 0 aliphatic heterocycles. The summed E-state index contributed by atoms with van der Waals surface area (Å²) in [7, 11) is 1.70. The highest BCUT2D eigenvalue weighted by molar-refractivity contribution is 7.80. The normalized spacial score (nSPS) is 10.8. The third-order valence-corrected chi connectivity index (χ3v) is 3.58. The number of thiocarbonyl (C=S) groups is 1. The van der Waals surface area contributed by atoms with Gasteiger partial charge < -0.3 is 20.3 Å². The van der Waals surface area contributed by atoms with Crippen LogP contribution in [-0.4, -0.2) is 67.7 Å². The minimum absolute atomic E-state index is 0.641. The van der Waals surface area contributed by atoms with Crippen LogP contribution in [0.15, 0.2) is 29.6 Å². The largest absolute Gasteiger partial charge is 0.383 e. The number of nitrogens with zero attached hydrogens (tertiary/aromatic N) is 3. The molecule has 0 unspecified atom stereocenters. The van der Waals surface area contributed by atoms with Crippen LogP contribution in [0.25, 0.3) is 0 Å². The molecule has 1 aromatic rings. The number of rotatable bonds is 12. The van der Waals surface area contributed by atoms with Crippen LogP contribution in [0, 0.1) is 0 Å². The third-order valence-electron chi connectivity index (χ3n) is 3.23. The average Bonchev–Trinajstić information content (AvgIpc) is 2.62. The summed E-state index contributed by atoms with van der Waals surface area (Å²) in [5.41, 5.74) is 3.93. The van der Waals surface area contributed by atoms with Gasteiger partial charge in [0.25, 0.3) is 0 Å². The maximum atomic E-state index is 5.35. The van der Waals surface area contributed by atoms with E-state index in [0.717, 1.165) is 44.8 Å². The minimum Gasteiger partial charge on any atom is -0.383 e. The molecule has 134 valence electrons. The van der Waals surface area contributed by atoms with Crippen molar-refractivity contribution < 1.29 is 4.74 Å². The zero-order chi connectivity index (χ0) is 17.5. The monoisotopic (exact) mass is 352 g/mol. The van der Waals surface area contributed by atoms with E-state index in [1.165, 1.54) is 0 Å². The molecule has 1 aromatic heterocycles. The topological polar surface area (TPSA) is 73.8 Å². The molecule has 0 amide bonds. The molecule has 0 spiro atoms. The molecule has 0 atom stereocenters. The van der Waals surface area contributed by atoms with Crippen molar-refractivity contribution in [2.75, 3.05) is 51.8 Å². The predicted octanol–water partition coefficient (Wildman–Crippen LogP) is 1.30.